The first kappa shape index (κ1) is 18.9. The SMILES string of the molecule is COc1c(C)cnc(CN2C(=O)/C(=C/c3ncc[nH]3)c3c(Cl)nc(N)nc32)c1C. The van der Waals surface area contributed by atoms with Gasteiger partial charge in [0.15, 0.2) is 5.82 Å². The number of anilines is 2. The van der Waals surface area contributed by atoms with Crippen LogP contribution in [0.1, 0.15) is 28.2 Å². The highest BCUT2D eigenvalue weighted by atomic mass is 35.5. The van der Waals surface area contributed by atoms with Gasteiger partial charge in [0.05, 0.1) is 30.5 Å². The summed E-state index contributed by atoms with van der Waals surface area (Å²) in [5.41, 5.74) is 8.98. The van der Waals surface area contributed by atoms with E-state index in [9.17, 15) is 4.79 Å². The van der Waals surface area contributed by atoms with E-state index < -0.39 is 0 Å². The van der Waals surface area contributed by atoms with Crippen molar-refractivity contribution in [1.29, 1.82) is 0 Å². The van der Waals surface area contributed by atoms with E-state index in [1.807, 2.05) is 13.8 Å². The van der Waals surface area contributed by atoms with Gasteiger partial charge in [-0.25, -0.2) is 9.97 Å². The number of H-pyrrole nitrogens is 1. The highest BCUT2D eigenvalue weighted by molar-refractivity contribution is 6.41. The minimum atomic E-state index is -0.293. The quantitative estimate of drug-likeness (QED) is 0.499. The van der Waals surface area contributed by atoms with E-state index in [2.05, 4.69) is 24.9 Å². The first-order chi connectivity index (χ1) is 13.9. The Morgan fingerprint density at radius 2 is 2.10 bits per heavy atom. The fraction of sp³-hybridized carbons (Fsp3) is 0.211. The number of methoxy groups -OCH3 is 1. The van der Waals surface area contributed by atoms with E-state index in [-0.39, 0.29) is 23.6 Å². The molecule has 1 amide bonds. The van der Waals surface area contributed by atoms with Crippen LogP contribution < -0.4 is 15.4 Å². The highest BCUT2D eigenvalue weighted by Crippen LogP contribution is 2.41. The normalized spacial score (nSPS) is 14.6. The summed E-state index contributed by atoms with van der Waals surface area (Å²) in [4.78, 5) is 34.6. The number of hydrogen-bond donors (Lipinski definition) is 2. The maximum Gasteiger partial charge on any atom is 0.260 e. The molecule has 0 unspecified atom stereocenters. The maximum atomic E-state index is 13.3. The van der Waals surface area contributed by atoms with Crippen LogP contribution in [0.25, 0.3) is 11.6 Å². The van der Waals surface area contributed by atoms with Crippen LogP contribution in [0.5, 0.6) is 5.75 Å². The fourth-order valence-corrected chi connectivity index (χ4v) is 3.64. The largest absolute Gasteiger partial charge is 0.496 e. The van der Waals surface area contributed by atoms with Crippen molar-refractivity contribution in [2.45, 2.75) is 20.4 Å². The number of nitrogens with one attached hydrogen (secondary N) is 1. The van der Waals surface area contributed by atoms with Crippen molar-refractivity contribution in [1.82, 2.24) is 24.9 Å². The second kappa shape index (κ2) is 7.17. The van der Waals surface area contributed by atoms with Crippen LogP contribution in [0.4, 0.5) is 11.8 Å². The monoisotopic (exact) mass is 411 g/mol. The molecule has 9 nitrogen and oxygen atoms in total. The standard InChI is InChI=1S/C19H18ClN7O2/c1-9-7-24-12(10(2)15(9)29-3)8-27-17-14(16(20)25-19(21)26-17)11(18(27)28)6-13-22-4-5-23-13/h4-7H,8H2,1-3H3,(H,22,23)(H2,21,25,26)/b11-6+. The molecule has 0 atom stereocenters. The number of rotatable bonds is 4. The summed E-state index contributed by atoms with van der Waals surface area (Å²) < 4.78 is 5.47. The number of ether oxygens (including phenoxy) is 1. The molecule has 0 saturated carbocycles. The van der Waals surface area contributed by atoms with Crippen molar-refractivity contribution in [2.75, 3.05) is 17.7 Å². The van der Waals surface area contributed by atoms with Crippen molar-refractivity contribution in [3.63, 3.8) is 0 Å². The number of nitrogens with two attached hydrogens (primary N) is 1. The Balaban J connectivity index is 1.83. The van der Waals surface area contributed by atoms with E-state index >= 15 is 0 Å². The van der Waals surface area contributed by atoms with Gasteiger partial charge in [0.25, 0.3) is 5.91 Å². The lowest BCUT2D eigenvalue weighted by Gasteiger charge is -2.18. The summed E-state index contributed by atoms with van der Waals surface area (Å²) in [6.45, 7) is 3.99. The van der Waals surface area contributed by atoms with Crippen molar-refractivity contribution >= 4 is 40.9 Å². The lowest BCUT2D eigenvalue weighted by molar-refractivity contribution is -0.113. The van der Waals surface area contributed by atoms with Gasteiger partial charge in [0.2, 0.25) is 5.95 Å². The smallest absolute Gasteiger partial charge is 0.260 e. The second-order valence-corrected chi connectivity index (χ2v) is 6.90. The number of aromatic amines is 1. The predicted molar refractivity (Wildman–Crippen MR) is 109 cm³/mol. The third-order valence-electron chi connectivity index (χ3n) is 4.72. The van der Waals surface area contributed by atoms with Crippen molar-refractivity contribution in [3.05, 3.63) is 52.0 Å². The Kier molecular flexibility index (Phi) is 4.67. The number of aromatic nitrogens is 5. The minimum Gasteiger partial charge on any atom is -0.496 e. The number of carbonyl (C=O) groups is 1. The van der Waals surface area contributed by atoms with E-state index in [4.69, 9.17) is 22.1 Å². The Labute approximate surface area is 171 Å². The summed E-state index contributed by atoms with van der Waals surface area (Å²) in [6.07, 6.45) is 6.58. The van der Waals surface area contributed by atoms with Gasteiger partial charge < -0.3 is 15.5 Å². The molecule has 0 spiro atoms. The second-order valence-electron chi connectivity index (χ2n) is 6.54. The first-order valence-corrected chi connectivity index (χ1v) is 9.14. The number of hydrogen-bond acceptors (Lipinski definition) is 7. The zero-order valence-electron chi connectivity index (χ0n) is 16.0. The Morgan fingerprint density at radius 1 is 1.31 bits per heavy atom. The number of carbonyl (C=O) groups excluding carboxylic acids is 1. The van der Waals surface area contributed by atoms with Crippen molar-refractivity contribution in [3.8, 4) is 5.75 Å². The number of pyridine rings is 1. The molecule has 29 heavy (non-hydrogen) atoms. The van der Waals surface area contributed by atoms with Crippen LogP contribution >= 0.6 is 11.6 Å². The van der Waals surface area contributed by atoms with Gasteiger partial charge >= 0.3 is 0 Å². The number of amides is 1. The first-order valence-electron chi connectivity index (χ1n) is 8.76. The number of nitrogens with zero attached hydrogens (tertiary/aromatic N) is 5. The van der Waals surface area contributed by atoms with E-state index in [1.165, 1.54) is 4.90 Å². The summed E-state index contributed by atoms with van der Waals surface area (Å²) >= 11 is 6.33. The fourth-order valence-electron chi connectivity index (χ4n) is 3.37. The summed E-state index contributed by atoms with van der Waals surface area (Å²) in [7, 11) is 1.60. The Bertz CT molecular complexity index is 1140. The molecule has 0 saturated heterocycles. The number of halogens is 1. The molecule has 4 heterocycles. The third kappa shape index (κ3) is 3.19. The molecule has 1 aliphatic rings. The lowest BCUT2D eigenvalue weighted by atomic mass is 10.1. The summed E-state index contributed by atoms with van der Waals surface area (Å²) in [5, 5.41) is 0.104. The van der Waals surface area contributed by atoms with Crippen LogP contribution in [0.2, 0.25) is 5.15 Å². The number of nitrogen functional groups attached to an aromatic ring is 1. The average molecular weight is 412 g/mol. The molecule has 0 aliphatic carbocycles. The van der Waals surface area contributed by atoms with Gasteiger partial charge in [-0.3, -0.25) is 14.7 Å². The zero-order valence-corrected chi connectivity index (χ0v) is 16.8. The Hall–Kier alpha value is -3.46. The molecule has 3 aromatic heterocycles. The average Bonchev–Trinajstić information content (AvgIpc) is 3.27. The van der Waals surface area contributed by atoms with Crippen molar-refractivity contribution in [2.24, 2.45) is 0 Å². The van der Waals surface area contributed by atoms with Gasteiger partial charge in [-0.15, -0.1) is 0 Å². The molecular formula is C19H18ClN7O2. The molecule has 0 aromatic carbocycles. The third-order valence-corrected chi connectivity index (χ3v) is 5.00. The lowest BCUT2D eigenvalue weighted by Crippen LogP contribution is -2.27. The molecular weight excluding hydrogens is 394 g/mol. The van der Waals surface area contributed by atoms with Crippen molar-refractivity contribution < 1.29 is 9.53 Å². The molecule has 0 bridgehead atoms. The number of imidazole rings is 1. The molecule has 10 heteroatoms. The molecule has 3 N–H and O–H groups in total. The molecule has 148 valence electrons. The zero-order chi connectivity index (χ0) is 20.7. The van der Waals surface area contributed by atoms with Gasteiger partial charge in [-0.1, -0.05) is 11.6 Å². The van der Waals surface area contributed by atoms with Gasteiger partial charge in [0, 0.05) is 29.7 Å². The molecule has 1 aliphatic heterocycles. The maximum absolute atomic E-state index is 13.3. The van der Waals surface area contributed by atoms with Crippen LogP contribution in [0.3, 0.4) is 0 Å². The minimum absolute atomic E-state index is 0.0167. The molecule has 0 radical (unpaired) electrons. The predicted octanol–water partition coefficient (Wildman–Crippen LogP) is 2.54. The number of fused-ring (bicyclic) bond motifs is 1. The van der Waals surface area contributed by atoms with Crippen LogP contribution in [-0.2, 0) is 11.3 Å². The van der Waals surface area contributed by atoms with Crippen LogP contribution in [0.15, 0.2) is 18.6 Å². The van der Waals surface area contributed by atoms with E-state index in [1.54, 1.807) is 31.8 Å². The summed E-state index contributed by atoms with van der Waals surface area (Å²) in [6, 6.07) is 0. The van der Waals surface area contributed by atoms with Gasteiger partial charge in [-0.2, -0.15) is 4.98 Å². The van der Waals surface area contributed by atoms with Crippen LogP contribution in [0, 0.1) is 13.8 Å². The molecule has 0 fully saturated rings. The van der Waals surface area contributed by atoms with E-state index in [0.29, 0.717) is 28.5 Å². The topological polar surface area (TPSA) is 123 Å². The van der Waals surface area contributed by atoms with Gasteiger partial charge in [0.1, 0.15) is 16.7 Å². The Morgan fingerprint density at radius 3 is 2.79 bits per heavy atom. The van der Waals surface area contributed by atoms with Gasteiger partial charge in [-0.05, 0) is 19.9 Å². The number of aryl methyl sites for hydroxylation is 1. The highest BCUT2D eigenvalue weighted by Gasteiger charge is 2.37. The molecule has 3 aromatic rings. The summed E-state index contributed by atoms with van der Waals surface area (Å²) in [5.74, 6) is 1.27. The van der Waals surface area contributed by atoms with Crippen LogP contribution in [-0.4, -0.2) is 37.9 Å². The molecule has 4 rings (SSSR count). The van der Waals surface area contributed by atoms with E-state index in [0.717, 1.165) is 16.9 Å².